The highest BCUT2D eigenvalue weighted by molar-refractivity contribution is 5.92. The zero-order chi connectivity index (χ0) is 35.6. The highest BCUT2D eigenvalue weighted by Crippen LogP contribution is 2.56. The van der Waals surface area contributed by atoms with Crippen molar-refractivity contribution in [3.05, 3.63) is 157 Å². The molecule has 0 aliphatic carbocycles. The van der Waals surface area contributed by atoms with Crippen molar-refractivity contribution in [1.29, 1.82) is 10.5 Å². The lowest BCUT2D eigenvalue weighted by Gasteiger charge is -2.36. The summed E-state index contributed by atoms with van der Waals surface area (Å²) in [6.07, 6.45) is 0. The van der Waals surface area contributed by atoms with Gasteiger partial charge in [-0.2, -0.15) is 10.5 Å². The molecule has 0 fully saturated rings. The number of hydrogen-bond acceptors (Lipinski definition) is 8. The number of nitriles is 2. The maximum absolute atomic E-state index is 10.0. The lowest BCUT2D eigenvalue weighted by molar-refractivity contribution is 0.472. The van der Waals surface area contributed by atoms with Crippen LogP contribution in [0.2, 0.25) is 0 Å². The van der Waals surface area contributed by atoms with Gasteiger partial charge in [0.2, 0.25) is 0 Å². The van der Waals surface area contributed by atoms with Crippen molar-refractivity contribution >= 4 is 45.5 Å². The van der Waals surface area contributed by atoms with E-state index in [9.17, 15) is 10.5 Å². The predicted molar refractivity (Wildman–Crippen MR) is 205 cm³/mol. The van der Waals surface area contributed by atoms with E-state index in [1.165, 1.54) is 0 Å². The molecule has 7 aromatic carbocycles. The van der Waals surface area contributed by atoms with Crippen LogP contribution in [0, 0.1) is 22.7 Å². The minimum Gasteiger partial charge on any atom is -0.453 e. The van der Waals surface area contributed by atoms with E-state index in [0.717, 1.165) is 68.3 Å². The average molecular weight is 686 g/mol. The van der Waals surface area contributed by atoms with Crippen LogP contribution in [0.15, 0.2) is 146 Å². The molecule has 0 unspecified atom stereocenters. The van der Waals surface area contributed by atoms with E-state index < -0.39 is 0 Å². The minimum absolute atomic E-state index is 0.336. The first-order valence-corrected chi connectivity index (χ1v) is 17.1. The third-order valence-corrected chi connectivity index (χ3v) is 9.91. The average Bonchev–Trinajstić information content (AvgIpc) is 3.21. The van der Waals surface area contributed by atoms with Gasteiger partial charge in [0, 0.05) is 24.7 Å². The van der Waals surface area contributed by atoms with E-state index in [-0.39, 0.29) is 0 Å². The zero-order valence-electron chi connectivity index (χ0n) is 28.3. The molecule has 0 bridgehead atoms. The monoisotopic (exact) mass is 685 g/mol. The van der Waals surface area contributed by atoms with Crippen molar-refractivity contribution in [3.63, 3.8) is 0 Å². The fraction of sp³-hybridized carbons (Fsp3) is 0.0222. The Morgan fingerprint density at radius 1 is 0.434 bits per heavy atom. The molecule has 0 radical (unpaired) electrons. The Morgan fingerprint density at radius 3 is 1.49 bits per heavy atom. The second-order valence-electron chi connectivity index (χ2n) is 12.9. The van der Waals surface area contributed by atoms with Crippen LogP contribution < -0.4 is 28.9 Å². The van der Waals surface area contributed by atoms with Crippen LogP contribution in [0.25, 0.3) is 11.1 Å². The second kappa shape index (κ2) is 11.7. The van der Waals surface area contributed by atoms with Gasteiger partial charge in [-0.25, -0.2) is 0 Å². The molecule has 0 N–H and O–H groups in total. The molecule has 250 valence electrons. The summed E-state index contributed by atoms with van der Waals surface area (Å²) in [6.45, 7) is 0. The van der Waals surface area contributed by atoms with Crippen molar-refractivity contribution in [2.24, 2.45) is 0 Å². The molecule has 0 aromatic heterocycles. The summed E-state index contributed by atoms with van der Waals surface area (Å²) in [5, 5.41) is 19.7. The Hall–Kier alpha value is -7.68. The first kappa shape index (κ1) is 30.2. The van der Waals surface area contributed by atoms with Crippen molar-refractivity contribution < 1.29 is 14.2 Å². The summed E-state index contributed by atoms with van der Waals surface area (Å²) in [5.74, 6) is 4.38. The van der Waals surface area contributed by atoms with Gasteiger partial charge in [0.15, 0.2) is 34.5 Å². The van der Waals surface area contributed by atoms with Gasteiger partial charge in [0.05, 0.1) is 56.6 Å². The quantitative estimate of drug-likeness (QED) is 0.182. The molecule has 0 saturated heterocycles. The molecule has 8 heteroatoms. The molecule has 10 rings (SSSR count). The summed E-state index contributed by atoms with van der Waals surface area (Å²) in [6, 6.07) is 52.0. The SMILES string of the molecule is CN1c2ccc(N3c4ccccc4Oc4ccccc43)cc2Oc2cc(N3c4ccccc4Oc4ccc(-c5cccc(C#N)c5C#N)cc43)ccc21. The van der Waals surface area contributed by atoms with Crippen LogP contribution in [0.4, 0.5) is 45.5 Å². The predicted octanol–water partition coefficient (Wildman–Crippen LogP) is 12.1. The summed E-state index contributed by atoms with van der Waals surface area (Å²) >= 11 is 0. The first-order chi connectivity index (χ1) is 26.1. The van der Waals surface area contributed by atoms with Gasteiger partial charge in [-0.3, -0.25) is 0 Å². The third kappa shape index (κ3) is 4.67. The van der Waals surface area contributed by atoms with E-state index in [1.54, 1.807) is 12.1 Å². The van der Waals surface area contributed by atoms with Crippen LogP contribution in [0.1, 0.15) is 11.1 Å². The third-order valence-electron chi connectivity index (χ3n) is 9.91. The van der Waals surface area contributed by atoms with Gasteiger partial charge in [0.1, 0.15) is 12.1 Å². The Labute approximate surface area is 305 Å². The van der Waals surface area contributed by atoms with Crippen molar-refractivity contribution in [2.75, 3.05) is 21.7 Å². The van der Waals surface area contributed by atoms with Crippen LogP contribution >= 0.6 is 0 Å². The molecule has 0 amide bonds. The number of rotatable bonds is 3. The first-order valence-electron chi connectivity index (χ1n) is 17.1. The molecule has 3 heterocycles. The number of anilines is 8. The van der Waals surface area contributed by atoms with Gasteiger partial charge in [-0.15, -0.1) is 0 Å². The van der Waals surface area contributed by atoms with Crippen LogP contribution in [0.5, 0.6) is 34.5 Å². The molecule has 53 heavy (non-hydrogen) atoms. The van der Waals surface area contributed by atoms with E-state index >= 15 is 0 Å². The number of fused-ring (bicyclic) bond motifs is 6. The fourth-order valence-electron chi connectivity index (χ4n) is 7.44. The maximum atomic E-state index is 10.0. The second-order valence-corrected chi connectivity index (χ2v) is 12.9. The van der Waals surface area contributed by atoms with Gasteiger partial charge in [-0.05, 0) is 84.4 Å². The molecule has 0 spiro atoms. The Bertz CT molecular complexity index is 2700. The van der Waals surface area contributed by atoms with Crippen LogP contribution in [0.3, 0.4) is 0 Å². The molecule has 0 atom stereocenters. The molecule has 3 aliphatic heterocycles. The number of hydrogen-bond donors (Lipinski definition) is 0. The fourth-order valence-corrected chi connectivity index (χ4v) is 7.44. The number of nitrogens with zero attached hydrogens (tertiary/aromatic N) is 5. The summed E-state index contributed by atoms with van der Waals surface area (Å²) < 4.78 is 19.5. The van der Waals surface area contributed by atoms with Gasteiger partial charge in [-0.1, -0.05) is 54.6 Å². The maximum Gasteiger partial charge on any atom is 0.153 e. The highest BCUT2D eigenvalue weighted by Gasteiger charge is 2.31. The topological polar surface area (TPSA) is 85.0 Å². The van der Waals surface area contributed by atoms with Crippen molar-refractivity contribution in [3.8, 4) is 57.8 Å². The molecule has 8 nitrogen and oxygen atoms in total. The van der Waals surface area contributed by atoms with Crippen LogP contribution in [-0.2, 0) is 0 Å². The Kier molecular flexibility index (Phi) is 6.66. The standard InChI is InChI=1S/C45H27N5O3/c1-48-34-20-18-30(49-36-11-2-5-14-40(36)51-41-15-6-3-12-37(41)49)24-44(34)53-45-25-31(19-21-35(45)48)50-38-13-4-7-16-42(38)52-43-22-17-28(23-39(43)50)32-10-8-9-29(26-46)33(32)27-47/h2-25H,1H3. The largest absolute Gasteiger partial charge is 0.453 e. The number of ether oxygens (including phenoxy) is 3. The molecule has 0 saturated carbocycles. The lowest BCUT2D eigenvalue weighted by Crippen LogP contribution is -2.19. The summed E-state index contributed by atoms with van der Waals surface area (Å²) in [5.41, 5.74) is 9.40. The normalized spacial score (nSPS) is 12.9. The van der Waals surface area contributed by atoms with Gasteiger partial charge in [0.25, 0.3) is 0 Å². The number of para-hydroxylation sites is 6. The Balaban J connectivity index is 1.07. The smallest absolute Gasteiger partial charge is 0.153 e. The molecular formula is C45H27N5O3. The minimum atomic E-state index is 0.336. The van der Waals surface area contributed by atoms with E-state index in [4.69, 9.17) is 14.2 Å². The zero-order valence-corrected chi connectivity index (χ0v) is 28.3. The number of benzene rings is 7. The van der Waals surface area contributed by atoms with Gasteiger partial charge < -0.3 is 28.9 Å². The van der Waals surface area contributed by atoms with E-state index in [0.29, 0.717) is 33.9 Å². The highest BCUT2D eigenvalue weighted by atomic mass is 16.5. The molecule has 3 aliphatic rings. The summed E-state index contributed by atoms with van der Waals surface area (Å²) in [7, 11) is 2.05. The van der Waals surface area contributed by atoms with Crippen LogP contribution in [-0.4, -0.2) is 7.05 Å². The molecular weight excluding hydrogens is 659 g/mol. The van der Waals surface area contributed by atoms with Crippen molar-refractivity contribution in [1.82, 2.24) is 0 Å². The van der Waals surface area contributed by atoms with Crippen molar-refractivity contribution in [2.45, 2.75) is 0 Å². The summed E-state index contributed by atoms with van der Waals surface area (Å²) in [4.78, 5) is 6.50. The van der Waals surface area contributed by atoms with E-state index in [2.05, 4.69) is 75.4 Å². The van der Waals surface area contributed by atoms with E-state index in [1.807, 2.05) is 92.0 Å². The Morgan fingerprint density at radius 2 is 0.943 bits per heavy atom. The lowest BCUT2D eigenvalue weighted by atomic mass is 9.95. The molecule has 7 aromatic rings. The van der Waals surface area contributed by atoms with Gasteiger partial charge >= 0.3 is 0 Å².